The van der Waals surface area contributed by atoms with E-state index in [0.29, 0.717) is 0 Å². The van der Waals surface area contributed by atoms with Gasteiger partial charge in [-0.15, -0.1) is 12.4 Å². The summed E-state index contributed by atoms with van der Waals surface area (Å²) in [7, 11) is 0. The van der Waals surface area contributed by atoms with Crippen LogP contribution in [0.2, 0.25) is 0 Å². The monoisotopic (exact) mass is 222 g/mol. The number of hydrogen-bond acceptors (Lipinski definition) is 4. The summed E-state index contributed by atoms with van der Waals surface area (Å²) in [6, 6.07) is 3.15. The highest BCUT2D eigenvalue weighted by Crippen LogP contribution is 2.28. The molecular weight excluding hydrogens is 212 g/mol. The van der Waals surface area contributed by atoms with Gasteiger partial charge in [0.2, 0.25) is 0 Å². The van der Waals surface area contributed by atoms with Crippen LogP contribution in [0, 0.1) is 10.1 Å². The fourth-order valence-corrected chi connectivity index (χ4v) is 1.75. The van der Waals surface area contributed by atoms with Crippen molar-refractivity contribution in [2.24, 2.45) is 5.73 Å². The van der Waals surface area contributed by atoms with Crippen LogP contribution in [-0.4, -0.2) is 4.92 Å². The first-order valence-electron chi connectivity index (χ1n) is 3.65. The maximum atomic E-state index is 10.3. The Hall–Kier alpha value is -0.650. The molecule has 0 aromatic carbocycles. The van der Waals surface area contributed by atoms with Gasteiger partial charge >= 0.3 is 5.00 Å². The van der Waals surface area contributed by atoms with Gasteiger partial charge in [0.25, 0.3) is 0 Å². The SMILES string of the molecule is CC[C@H](N)c1ccc([N+](=O)[O-])s1.Cl. The van der Waals surface area contributed by atoms with E-state index >= 15 is 0 Å². The zero-order chi connectivity index (χ0) is 9.14. The third-order valence-corrected chi connectivity index (χ3v) is 2.77. The van der Waals surface area contributed by atoms with Crippen molar-refractivity contribution in [3.63, 3.8) is 0 Å². The second kappa shape index (κ2) is 5.16. The molecule has 0 unspecified atom stereocenters. The highest BCUT2D eigenvalue weighted by molar-refractivity contribution is 7.15. The van der Waals surface area contributed by atoms with E-state index in [1.54, 1.807) is 6.07 Å². The van der Waals surface area contributed by atoms with Crippen LogP contribution in [0.25, 0.3) is 0 Å². The van der Waals surface area contributed by atoms with E-state index in [2.05, 4.69) is 0 Å². The van der Waals surface area contributed by atoms with Gasteiger partial charge in [0.05, 0.1) is 4.92 Å². The third-order valence-electron chi connectivity index (χ3n) is 1.60. The fourth-order valence-electron chi connectivity index (χ4n) is 0.841. The Labute approximate surface area is 86.3 Å². The number of nitro groups is 1. The lowest BCUT2D eigenvalue weighted by Crippen LogP contribution is -2.05. The lowest BCUT2D eigenvalue weighted by Gasteiger charge is -2.02. The number of thiophene rings is 1. The van der Waals surface area contributed by atoms with Gasteiger partial charge in [0, 0.05) is 17.0 Å². The smallest absolute Gasteiger partial charge is 0.323 e. The minimum Gasteiger partial charge on any atom is -0.323 e. The Bertz CT molecular complexity index is 290. The summed E-state index contributed by atoms with van der Waals surface area (Å²) in [6.45, 7) is 1.95. The number of hydrogen-bond donors (Lipinski definition) is 1. The number of halogens is 1. The Balaban J connectivity index is 0.00000144. The average Bonchev–Trinajstić information content (AvgIpc) is 2.51. The first-order chi connectivity index (χ1) is 5.65. The Morgan fingerprint density at radius 2 is 2.31 bits per heavy atom. The van der Waals surface area contributed by atoms with Gasteiger partial charge in [0.15, 0.2) is 0 Å². The van der Waals surface area contributed by atoms with Crippen molar-refractivity contribution in [1.82, 2.24) is 0 Å². The maximum absolute atomic E-state index is 10.3. The Morgan fingerprint density at radius 3 is 2.69 bits per heavy atom. The lowest BCUT2D eigenvalue weighted by atomic mass is 10.2. The van der Waals surface area contributed by atoms with Gasteiger partial charge in [-0.3, -0.25) is 10.1 Å². The molecule has 1 atom stereocenters. The van der Waals surface area contributed by atoms with Crippen LogP contribution in [0.5, 0.6) is 0 Å². The molecule has 0 aliphatic carbocycles. The molecule has 0 aliphatic heterocycles. The standard InChI is InChI=1S/C7H10N2O2S.ClH/c1-2-5(8)6-3-4-7(12-6)9(10)11;/h3-5H,2,8H2,1H3;1H/t5-;/m0./s1. The summed E-state index contributed by atoms with van der Waals surface area (Å²) in [5, 5.41) is 10.5. The predicted molar refractivity (Wildman–Crippen MR) is 55.4 cm³/mol. The number of nitrogens with zero attached hydrogens (tertiary/aromatic N) is 1. The van der Waals surface area contributed by atoms with Gasteiger partial charge in [-0.25, -0.2) is 0 Å². The summed E-state index contributed by atoms with van der Waals surface area (Å²) < 4.78 is 0. The van der Waals surface area contributed by atoms with Crippen LogP contribution >= 0.6 is 23.7 Å². The number of rotatable bonds is 3. The molecule has 0 saturated carbocycles. The maximum Gasteiger partial charge on any atom is 0.324 e. The fraction of sp³-hybridized carbons (Fsp3) is 0.429. The molecule has 1 heterocycles. The molecule has 6 heteroatoms. The molecule has 13 heavy (non-hydrogen) atoms. The summed E-state index contributed by atoms with van der Waals surface area (Å²) in [5.41, 5.74) is 5.70. The van der Waals surface area contributed by atoms with Crippen LogP contribution in [-0.2, 0) is 0 Å². The van der Waals surface area contributed by atoms with Crippen molar-refractivity contribution in [1.29, 1.82) is 0 Å². The van der Waals surface area contributed by atoms with Crippen LogP contribution < -0.4 is 5.73 Å². The summed E-state index contributed by atoms with van der Waals surface area (Å²) in [4.78, 5) is 10.8. The predicted octanol–water partition coefficient (Wildman–Crippen LogP) is 2.49. The molecule has 0 aliphatic rings. The Morgan fingerprint density at radius 1 is 1.69 bits per heavy atom. The van der Waals surface area contributed by atoms with Crippen LogP contribution in [0.3, 0.4) is 0 Å². The van der Waals surface area contributed by atoms with E-state index < -0.39 is 4.92 Å². The van der Waals surface area contributed by atoms with Crippen molar-refractivity contribution >= 4 is 28.7 Å². The molecule has 74 valence electrons. The highest BCUT2D eigenvalue weighted by Gasteiger charge is 2.12. The zero-order valence-electron chi connectivity index (χ0n) is 7.10. The van der Waals surface area contributed by atoms with Gasteiger partial charge in [-0.05, 0) is 12.5 Å². The molecular formula is C7H11ClN2O2S. The third kappa shape index (κ3) is 2.95. The van der Waals surface area contributed by atoms with E-state index in [4.69, 9.17) is 5.73 Å². The molecule has 0 spiro atoms. The Kier molecular flexibility index (Phi) is 4.90. The highest BCUT2D eigenvalue weighted by atomic mass is 35.5. The van der Waals surface area contributed by atoms with Crippen molar-refractivity contribution < 1.29 is 4.92 Å². The topological polar surface area (TPSA) is 69.2 Å². The minimum atomic E-state index is -0.392. The molecule has 0 radical (unpaired) electrons. The van der Waals surface area contributed by atoms with E-state index in [0.717, 1.165) is 22.6 Å². The van der Waals surface area contributed by atoms with Crippen LogP contribution in [0.4, 0.5) is 5.00 Å². The zero-order valence-corrected chi connectivity index (χ0v) is 8.73. The molecule has 2 N–H and O–H groups in total. The normalized spacial score (nSPS) is 11.8. The quantitative estimate of drug-likeness (QED) is 0.631. The minimum absolute atomic E-state index is 0. The summed E-state index contributed by atoms with van der Waals surface area (Å²) >= 11 is 1.15. The molecule has 1 aromatic heterocycles. The summed E-state index contributed by atoms with van der Waals surface area (Å²) in [5.74, 6) is 0. The summed E-state index contributed by atoms with van der Waals surface area (Å²) in [6.07, 6.45) is 0.803. The van der Waals surface area contributed by atoms with Gasteiger partial charge in [-0.1, -0.05) is 18.3 Å². The van der Waals surface area contributed by atoms with Crippen molar-refractivity contribution in [2.45, 2.75) is 19.4 Å². The van der Waals surface area contributed by atoms with Gasteiger partial charge < -0.3 is 5.73 Å². The molecule has 1 aromatic rings. The molecule has 0 fully saturated rings. The van der Waals surface area contributed by atoms with E-state index in [-0.39, 0.29) is 23.4 Å². The van der Waals surface area contributed by atoms with E-state index in [9.17, 15) is 10.1 Å². The lowest BCUT2D eigenvalue weighted by molar-refractivity contribution is -0.380. The van der Waals surface area contributed by atoms with E-state index in [1.807, 2.05) is 6.92 Å². The number of nitrogens with two attached hydrogens (primary N) is 1. The van der Waals surface area contributed by atoms with Crippen molar-refractivity contribution in [2.75, 3.05) is 0 Å². The van der Waals surface area contributed by atoms with Gasteiger partial charge in [0.1, 0.15) is 0 Å². The first kappa shape index (κ1) is 12.3. The molecule has 0 amide bonds. The van der Waals surface area contributed by atoms with Crippen LogP contribution in [0.1, 0.15) is 24.3 Å². The molecule has 0 bridgehead atoms. The molecule has 1 rings (SSSR count). The first-order valence-corrected chi connectivity index (χ1v) is 4.46. The molecule has 0 saturated heterocycles. The van der Waals surface area contributed by atoms with Crippen LogP contribution in [0.15, 0.2) is 12.1 Å². The van der Waals surface area contributed by atoms with Crippen molar-refractivity contribution in [3.8, 4) is 0 Å². The van der Waals surface area contributed by atoms with Crippen molar-refractivity contribution in [3.05, 3.63) is 27.1 Å². The van der Waals surface area contributed by atoms with Gasteiger partial charge in [-0.2, -0.15) is 0 Å². The largest absolute Gasteiger partial charge is 0.324 e. The molecule has 4 nitrogen and oxygen atoms in total. The van der Waals surface area contributed by atoms with E-state index in [1.165, 1.54) is 6.07 Å². The second-order valence-electron chi connectivity index (χ2n) is 2.45. The average molecular weight is 223 g/mol. The second-order valence-corrected chi connectivity index (χ2v) is 3.54.